The summed E-state index contributed by atoms with van der Waals surface area (Å²) >= 11 is 0. The summed E-state index contributed by atoms with van der Waals surface area (Å²) < 4.78 is 0. The number of nitrogens with one attached hydrogen (secondary N) is 1. The van der Waals surface area contributed by atoms with E-state index in [0.29, 0.717) is 25.9 Å². The fraction of sp³-hybridized carbons (Fsp3) is 0.833. The summed E-state index contributed by atoms with van der Waals surface area (Å²) in [5.41, 5.74) is 5.20. The van der Waals surface area contributed by atoms with E-state index in [-0.39, 0.29) is 18.4 Å². The molecule has 0 aromatic carbocycles. The van der Waals surface area contributed by atoms with E-state index in [1.54, 1.807) is 0 Å². The van der Waals surface area contributed by atoms with Crippen molar-refractivity contribution >= 4 is 11.8 Å². The number of carbonyl (C=O) groups excluding carboxylic acids is 2. The molecule has 0 saturated heterocycles. The molecule has 0 aliphatic rings. The van der Waals surface area contributed by atoms with Crippen molar-refractivity contribution in [3.63, 3.8) is 0 Å². The van der Waals surface area contributed by atoms with Gasteiger partial charge in [0.15, 0.2) is 0 Å². The van der Waals surface area contributed by atoms with Gasteiger partial charge in [0.05, 0.1) is 12.1 Å². The molecule has 100 valence electrons. The molecule has 5 heteroatoms. The van der Waals surface area contributed by atoms with Crippen LogP contribution in [0.25, 0.3) is 0 Å². The zero-order chi connectivity index (χ0) is 13.5. The second-order valence-corrected chi connectivity index (χ2v) is 4.14. The van der Waals surface area contributed by atoms with Gasteiger partial charge in [-0.3, -0.25) is 9.59 Å². The highest BCUT2D eigenvalue weighted by molar-refractivity contribution is 5.90. The van der Waals surface area contributed by atoms with E-state index < -0.39 is 5.54 Å². The van der Waals surface area contributed by atoms with Gasteiger partial charge >= 0.3 is 0 Å². The molecule has 17 heavy (non-hydrogen) atoms. The van der Waals surface area contributed by atoms with Crippen molar-refractivity contribution in [1.82, 2.24) is 10.2 Å². The molecule has 0 saturated carbocycles. The standard InChI is InChI=1S/C12H25N3O2/c1-5-12(13,6-2)11(17)15(8-4)9-10(16)14-7-3/h5-9,13H2,1-4H3,(H,14,16). The predicted octanol–water partition coefficient (Wildman–Crippen LogP) is 0.489. The summed E-state index contributed by atoms with van der Waals surface area (Å²) in [5, 5.41) is 2.68. The Kier molecular flexibility index (Phi) is 6.80. The number of hydrogen-bond acceptors (Lipinski definition) is 3. The highest BCUT2D eigenvalue weighted by atomic mass is 16.2. The van der Waals surface area contributed by atoms with Crippen molar-refractivity contribution in [2.75, 3.05) is 19.6 Å². The third-order valence-corrected chi connectivity index (χ3v) is 3.07. The first-order valence-corrected chi connectivity index (χ1v) is 6.30. The van der Waals surface area contributed by atoms with Gasteiger partial charge in [0.2, 0.25) is 11.8 Å². The summed E-state index contributed by atoms with van der Waals surface area (Å²) in [6, 6.07) is 0. The largest absolute Gasteiger partial charge is 0.355 e. The molecule has 5 nitrogen and oxygen atoms in total. The second-order valence-electron chi connectivity index (χ2n) is 4.14. The van der Waals surface area contributed by atoms with E-state index in [4.69, 9.17) is 5.73 Å². The zero-order valence-electron chi connectivity index (χ0n) is 11.4. The van der Waals surface area contributed by atoms with Crippen molar-refractivity contribution < 1.29 is 9.59 Å². The topological polar surface area (TPSA) is 75.4 Å². The second kappa shape index (κ2) is 7.27. The summed E-state index contributed by atoms with van der Waals surface area (Å²) in [5.74, 6) is -0.284. The van der Waals surface area contributed by atoms with E-state index in [2.05, 4.69) is 5.32 Å². The van der Waals surface area contributed by atoms with E-state index in [1.807, 2.05) is 27.7 Å². The molecule has 0 unspecified atom stereocenters. The number of nitrogens with zero attached hydrogens (tertiary/aromatic N) is 1. The quantitative estimate of drug-likeness (QED) is 0.683. The van der Waals surface area contributed by atoms with Gasteiger partial charge in [-0.05, 0) is 26.7 Å². The maximum Gasteiger partial charge on any atom is 0.243 e. The Hall–Kier alpha value is -1.10. The maximum absolute atomic E-state index is 12.2. The van der Waals surface area contributed by atoms with E-state index in [9.17, 15) is 9.59 Å². The first-order chi connectivity index (χ1) is 7.95. The Labute approximate surface area is 104 Å². The van der Waals surface area contributed by atoms with Gasteiger partial charge in [-0.2, -0.15) is 0 Å². The first kappa shape index (κ1) is 15.9. The monoisotopic (exact) mass is 243 g/mol. The Morgan fingerprint density at radius 2 is 1.71 bits per heavy atom. The summed E-state index contributed by atoms with van der Waals surface area (Å²) in [6.07, 6.45) is 1.16. The van der Waals surface area contributed by atoms with Crippen LogP contribution in [0.2, 0.25) is 0 Å². The SMILES string of the molecule is CCNC(=O)CN(CC)C(=O)C(N)(CC)CC. The highest BCUT2D eigenvalue weighted by Gasteiger charge is 2.34. The normalized spacial score (nSPS) is 11.1. The fourth-order valence-corrected chi connectivity index (χ4v) is 1.62. The lowest BCUT2D eigenvalue weighted by atomic mass is 9.92. The van der Waals surface area contributed by atoms with Crippen LogP contribution in [0.5, 0.6) is 0 Å². The van der Waals surface area contributed by atoms with Crippen LogP contribution in [0.3, 0.4) is 0 Å². The van der Waals surface area contributed by atoms with Crippen molar-refractivity contribution in [2.24, 2.45) is 5.73 Å². The molecule has 0 fully saturated rings. The van der Waals surface area contributed by atoms with Gasteiger partial charge in [-0.25, -0.2) is 0 Å². The minimum atomic E-state index is -0.845. The van der Waals surface area contributed by atoms with E-state index >= 15 is 0 Å². The summed E-state index contributed by atoms with van der Waals surface area (Å²) in [6.45, 7) is 8.63. The molecule has 0 aromatic heterocycles. The molecular formula is C12H25N3O2. The molecule has 0 heterocycles. The van der Waals surface area contributed by atoms with Gasteiger partial charge in [0.25, 0.3) is 0 Å². The molecular weight excluding hydrogens is 218 g/mol. The molecule has 2 amide bonds. The molecule has 3 N–H and O–H groups in total. The van der Waals surface area contributed by atoms with Crippen LogP contribution in [0.15, 0.2) is 0 Å². The minimum Gasteiger partial charge on any atom is -0.355 e. The third kappa shape index (κ3) is 4.34. The molecule has 0 aromatic rings. The van der Waals surface area contributed by atoms with Crippen LogP contribution < -0.4 is 11.1 Å². The van der Waals surface area contributed by atoms with Crippen LogP contribution >= 0.6 is 0 Å². The maximum atomic E-state index is 12.2. The summed E-state index contributed by atoms with van der Waals surface area (Å²) in [7, 11) is 0. The number of rotatable bonds is 7. The lowest BCUT2D eigenvalue weighted by Gasteiger charge is -2.32. The van der Waals surface area contributed by atoms with E-state index in [0.717, 1.165) is 0 Å². The van der Waals surface area contributed by atoms with Crippen LogP contribution in [0.1, 0.15) is 40.5 Å². The molecule has 0 bridgehead atoms. The number of amides is 2. The average molecular weight is 243 g/mol. The Morgan fingerprint density at radius 1 is 1.18 bits per heavy atom. The molecule has 0 radical (unpaired) electrons. The Balaban J connectivity index is 4.65. The highest BCUT2D eigenvalue weighted by Crippen LogP contribution is 2.15. The van der Waals surface area contributed by atoms with Gasteiger partial charge in [0, 0.05) is 13.1 Å². The Morgan fingerprint density at radius 3 is 2.06 bits per heavy atom. The first-order valence-electron chi connectivity index (χ1n) is 6.30. The molecule has 0 rings (SSSR count). The number of nitrogens with two attached hydrogens (primary N) is 1. The van der Waals surface area contributed by atoms with Crippen molar-refractivity contribution in [1.29, 1.82) is 0 Å². The van der Waals surface area contributed by atoms with Crippen molar-refractivity contribution in [3.8, 4) is 0 Å². The van der Waals surface area contributed by atoms with Gasteiger partial charge in [0.1, 0.15) is 0 Å². The third-order valence-electron chi connectivity index (χ3n) is 3.07. The number of carbonyl (C=O) groups is 2. The number of hydrogen-bond donors (Lipinski definition) is 2. The molecule has 0 aliphatic heterocycles. The van der Waals surface area contributed by atoms with Crippen LogP contribution in [-0.4, -0.2) is 41.9 Å². The van der Waals surface area contributed by atoms with Crippen LogP contribution in [0.4, 0.5) is 0 Å². The molecule has 0 atom stereocenters. The lowest BCUT2D eigenvalue weighted by molar-refractivity contribution is -0.140. The summed E-state index contributed by atoms with van der Waals surface area (Å²) in [4.78, 5) is 25.2. The fourth-order valence-electron chi connectivity index (χ4n) is 1.62. The molecule has 0 spiro atoms. The minimum absolute atomic E-state index is 0.0854. The van der Waals surface area contributed by atoms with Crippen LogP contribution in [-0.2, 0) is 9.59 Å². The molecule has 0 aliphatic carbocycles. The van der Waals surface area contributed by atoms with Crippen LogP contribution in [0, 0.1) is 0 Å². The smallest absolute Gasteiger partial charge is 0.243 e. The van der Waals surface area contributed by atoms with Crippen molar-refractivity contribution in [3.05, 3.63) is 0 Å². The van der Waals surface area contributed by atoms with E-state index in [1.165, 1.54) is 4.90 Å². The predicted molar refractivity (Wildman–Crippen MR) is 68.4 cm³/mol. The lowest BCUT2D eigenvalue weighted by Crippen LogP contribution is -2.56. The van der Waals surface area contributed by atoms with Crippen molar-refractivity contribution in [2.45, 2.75) is 46.1 Å². The van der Waals surface area contributed by atoms with Gasteiger partial charge in [-0.1, -0.05) is 13.8 Å². The Bertz CT molecular complexity index is 262. The van der Waals surface area contributed by atoms with Gasteiger partial charge in [-0.15, -0.1) is 0 Å². The average Bonchev–Trinajstić information content (AvgIpc) is 2.34. The van der Waals surface area contributed by atoms with Gasteiger partial charge < -0.3 is 16.0 Å². The number of likely N-dealkylation sites (N-methyl/N-ethyl adjacent to an activating group) is 2. The zero-order valence-corrected chi connectivity index (χ0v) is 11.4.